The number of aromatic nitrogens is 1. The standard InChI is InChI=1S/C21H20FN/c1-2-16-5-10-19(11-6-16)20-12-7-17(8-13-20)3-4-18-9-14-21(22)23-15-18/h5-15H,2-4H2,1H3. The Hall–Kier alpha value is -2.48. The summed E-state index contributed by atoms with van der Waals surface area (Å²) >= 11 is 0. The monoisotopic (exact) mass is 305 g/mol. The third kappa shape index (κ3) is 4.04. The minimum Gasteiger partial charge on any atom is -0.228 e. The summed E-state index contributed by atoms with van der Waals surface area (Å²) in [6, 6.07) is 20.6. The van der Waals surface area contributed by atoms with E-state index in [1.165, 1.54) is 28.3 Å². The van der Waals surface area contributed by atoms with Crippen LogP contribution in [0.2, 0.25) is 0 Å². The van der Waals surface area contributed by atoms with Crippen molar-refractivity contribution < 1.29 is 4.39 Å². The van der Waals surface area contributed by atoms with E-state index < -0.39 is 5.95 Å². The second-order valence-corrected chi connectivity index (χ2v) is 5.74. The summed E-state index contributed by atoms with van der Waals surface area (Å²) in [4.78, 5) is 3.69. The number of pyridine rings is 1. The zero-order valence-electron chi connectivity index (χ0n) is 13.3. The summed E-state index contributed by atoms with van der Waals surface area (Å²) in [5.74, 6) is -0.424. The van der Waals surface area contributed by atoms with E-state index in [1.807, 2.05) is 0 Å². The van der Waals surface area contributed by atoms with Crippen molar-refractivity contribution in [3.63, 3.8) is 0 Å². The van der Waals surface area contributed by atoms with Crippen LogP contribution in [0, 0.1) is 5.95 Å². The summed E-state index contributed by atoms with van der Waals surface area (Å²) in [5, 5.41) is 0. The van der Waals surface area contributed by atoms with Crippen molar-refractivity contribution in [1.82, 2.24) is 4.98 Å². The zero-order valence-corrected chi connectivity index (χ0v) is 13.3. The summed E-state index contributed by atoms with van der Waals surface area (Å²) in [6.45, 7) is 2.17. The molecule has 0 N–H and O–H groups in total. The van der Waals surface area contributed by atoms with E-state index in [-0.39, 0.29) is 0 Å². The summed E-state index contributed by atoms with van der Waals surface area (Å²) < 4.78 is 12.8. The lowest BCUT2D eigenvalue weighted by molar-refractivity contribution is 0.582. The van der Waals surface area contributed by atoms with Gasteiger partial charge in [0.05, 0.1) is 0 Å². The smallest absolute Gasteiger partial charge is 0.212 e. The van der Waals surface area contributed by atoms with Crippen LogP contribution in [0.5, 0.6) is 0 Å². The van der Waals surface area contributed by atoms with Gasteiger partial charge in [-0.05, 0) is 53.1 Å². The first-order chi connectivity index (χ1) is 11.2. The maximum atomic E-state index is 12.8. The summed E-state index contributed by atoms with van der Waals surface area (Å²) in [6.07, 6.45) is 4.48. The van der Waals surface area contributed by atoms with Crippen molar-refractivity contribution >= 4 is 0 Å². The Morgan fingerprint density at radius 3 is 1.74 bits per heavy atom. The van der Waals surface area contributed by atoms with Crippen LogP contribution in [0.1, 0.15) is 23.6 Å². The number of hydrogen-bond donors (Lipinski definition) is 0. The highest BCUT2D eigenvalue weighted by molar-refractivity contribution is 5.64. The van der Waals surface area contributed by atoms with Gasteiger partial charge in [-0.1, -0.05) is 61.5 Å². The minimum absolute atomic E-state index is 0.424. The van der Waals surface area contributed by atoms with Gasteiger partial charge < -0.3 is 0 Å². The van der Waals surface area contributed by atoms with Gasteiger partial charge in [-0.25, -0.2) is 4.98 Å². The van der Waals surface area contributed by atoms with Crippen LogP contribution < -0.4 is 0 Å². The molecule has 2 heteroatoms. The van der Waals surface area contributed by atoms with Gasteiger partial charge in [0.25, 0.3) is 0 Å². The molecule has 0 atom stereocenters. The topological polar surface area (TPSA) is 12.9 Å². The largest absolute Gasteiger partial charge is 0.228 e. The van der Waals surface area contributed by atoms with E-state index in [2.05, 4.69) is 60.4 Å². The van der Waals surface area contributed by atoms with Crippen molar-refractivity contribution in [2.24, 2.45) is 0 Å². The molecule has 0 amide bonds. The predicted molar refractivity (Wildman–Crippen MR) is 92.9 cm³/mol. The second kappa shape index (κ2) is 7.19. The number of halogens is 1. The van der Waals surface area contributed by atoms with E-state index in [0.717, 1.165) is 24.8 Å². The first kappa shape index (κ1) is 15.4. The fraction of sp³-hybridized carbons (Fsp3) is 0.190. The highest BCUT2D eigenvalue weighted by Gasteiger charge is 2.00. The molecule has 0 saturated heterocycles. The number of nitrogens with zero attached hydrogens (tertiary/aromatic N) is 1. The molecule has 1 nitrogen and oxygen atoms in total. The normalized spacial score (nSPS) is 10.7. The first-order valence-electron chi connectivity index (χ1n) is 8.03. The summed E-state index contributed by atoms with van der Waals surface area (Å²) in [5.41, 5.74) is 6.18. The fourth-order valence-electron chi connectivity index (χ4n) is 2.64. The molecule has 3 aromatic rings. The Bertz CT molecular complexity index is 743. The fourth-order valence-corrected chi connectivity index (χ4v) is 2.64. The van der Waals surface area contributed by atoms with Gasteiger partial charge in [0.2, 0.25) is 5.95 Å². The number of benzene rings is 2. The molecule has 0 spiro atoms. The Morgan fingerprint density at radius 2 is 1.22 bits per heavy atom. The van der Waals surface area contributed by atoms with E-state index in [0.29, 0.717) is 0 Å². The van der Waals surface area contributed by atoms with Crippen molar-refractivity contribution in [3.05, 3.63) is 89.5 Å². The highest BCUT2D eigenvalue weighted by Crippen LogP contribution is 2.21. The van der Waals surface area contributed by atoms with Crippen molar-refractivity contribution in [2.75, 3.05) is 0 Å². The molecule has 0 aliphatic rings. The number of aryl methyl sites for hydroxylation is 3. The van der Waals surface area contributed by atoms with E-state index in [1.54, 1.807) is 12.3 Å². The van der Waals surface area contributed by atoms with E-state index in [9.17, 15) is 4.39 Å². The van der Waals surface area contributed by atoms with Crippen molar-refractivity contribution in [1.29, 1.82) is 0 Å². The van der Waals surface area contributed by atoms with Crippen molar-refractivity contribution in [2.45, 2.75) is 26.2 Å². The molecule has 0 unspecified atom stereocenters. The predicted octanol–water partition coefficient (Wildman–Crippen LogP) is 5.24. The van der Waals surface area contributed by atoms with Gasteiger partial charge in [0.15, 0.2) is 0 Å². The summed E-state index contributed by atoms with van der Waals surface area (Å²) in [7, 11) is 0. The van der Waals surface area contributed by atoms with Crippen LogP contribution in [0.3, 0.4) is 0 Å². The first-order valence-corrected chi connectivity index (χ1v) is 8.03. The molecule has 3 rings (SSSR count). The van der Waals surface area contributed by atoms with Crippen LogP contribution in [-0.4, -0.2) is 4.98 Å². The van der Waals surface area contributed by atoms with Gasteiger partial charge in [-0.15, -0.1) is 0 Å². The van der Waals surface area contributed by atoms with E-state index >= 15 is 0 Å². The molecule has 0 fully saturated rings. The molecule has 0 radical (unpaired) electrons. The minimum atomic E-state index is -0.424. The third-order valence-corrected chi connectivity index (χ3v) is 4.14. The molecule has 1 aromatic heterocycles. The molecule has 1 heterocycles. The molecule has 0 aliphatic heterocycles. The Balaban J connectivity index is 1.65. The van der Waals surface area contributed by atoms with Crippen LogP contribution in [0.4, 0.5) is 4.39 Å². The molecule has 116 valence electrons. The van der Waals surface area contributed by atoms with Crippen LogP contribution in [-0.2, 0) is 19.3 Å². The molecule has 2 aromatic carbocycles. The number of rotatable bonds is 5. The second-order valence-electron chi connectivity index (χ2n) is 5.74. The quantitative estimate of drug-likeness (QED) is 0.588. The van der Waals surface area contributed by atoms with Crippen LogP contribution in [0.25, 0.3) is 11.1 Å². The Kier molecular flexibility index (Phi) is 4.82. The van der Waals surface area contributed by atoms with Gasteiger partial charge in [0.1, 0.15) is 0 Å². The average Bonchev–Trinajstić information content (AvgIpc) is 2.62. The highest BCUT2D eigenvalue weighted by atomic mass is 19.1. The van der Waals surface area contributed by atoms with Crippen LogP contribution >= 0.6 is 0 Å². The van der Waals surface area contributed by atoms with Gasteiger partial charge in [-0.2, -0.15) is 4.39 Å². The van der Waals surface area contributed by atoms with Gasteiger partial charge in [-0.3, -0.25) is 0 Å². The molecule has 0 saturated carbocycles. The third-order valence-electron chi connectivity index (χ3n) is 4.14. The lowest BCUT2D eigenvalue weighted by atomic mass is 10.00. The molecular weight excluding hydrogens is 285 g/mol. The van der Waals surface area contributed by atoms with Crippen LogP contribution in [0.15, 0.2) is 66.9 Å². The number of hydrogen-bond acceptors (Lipinski definition) is 1. The zero-order chi connectivity index (χ0) is 16.1. The van der Waals surface area contributed by atoms with E-state index in [4.69, 9.17) is 0 Å². The van der Waals surface area contributed by atoms with Crippen molar-refractivity contribution in [3.8, 4) is 11.1 Å². The Morgan fingerprint density at radius 1 is 0.696 bits per heavy atom. The Labute approximate surface area is 136 Å². The lowest BCUT2D eigenvalue weighted by Crippen LogP contribution is -1.93. The average molecular weight is 305 g/mol. The molecule has 0 aliphatic carbocycles. The molecule has 0 bridgehead atoms. The van der Waals surface area contributed by atoms with Gasteiger partial charge in [0, 0.05) is 6.20 Å². The lowest BCUT2D eigenvalue weighted by Gasteiger charge is -2.06. The maximum absolute atomic E-state index is 12.8. The maximum Gasteiger partial charge on any atom is 0.212 e. The van der Waals surface area contributed by atoms with Gasteiger partial charge >= 0.3 is 0 Å². The SMILES string of the molecule is CCc1ccc(-c2ccc(CCc3ccc(F)nc3)cc2)cc1. The molecular formula is C21H20FN. The molecule has 23 heavy (non-hydrogen) atoms.